The fourth-order valence-corrected chi connectivity index (χ4v) is 1.20. The van der Waals surface area contributed by atoms with Crippen molar-refractivity contribution in [3.8, 4) is 11.8 Å². The Morgan fingerprint density at radius 3 is 2.83 bits per heavy atom. The van der Waals surface area contributed by atoms with E-state index in [-0.39, 0.29) is 24.0 Å². The van der Waals surface area contributed by atoms with Gasteiger partial charge in [0.25, 0.3) is 0 Å². The van der Waals surface area contributed by atoms with Crippen molar-refractivity contribution in [1.82, 2.24) is 0 Å². The Hall–Kier alpha value is -1.86. The van der Waals surface area contributed by atoms with Gasteiger partial charge in [-0.3, -0.25) is 4.79 Å². The molecule has 1 amide bonds. The van der Waals surface area contributed by atoms with Crippen molar-refractivity contribution in [3.63, 3.8) is 0 Å². The molecule has 1 aromatic rings. The topological polar surface area (TPSA) is 49.3 Å². The number of hydrogen-bond acceptors (Lipinski definition) is 2. The fourth-order valence-electron chi connectivity index (χ4n) is 1.20. The first-order valence-corrected chi connectivity index (χ1v) is 5.74. The molecular formula is C14H16FNO2. The third-order valence-corrected chi connectivity index (χ3v) is 2.22. The van der Waals surface area contributed by atoms with E-state index in [4.69, 9.17) is 5.11 Å². The van der Waals surface area contributed by atoms with Crippen molar-refractivity contribution in [2.45, 2.75) is 20.3 Å². The average Bonchev–Trinajstić information content (AvgIpc) is 2.33. The van der Waals surface area contributed by atoms with Crippen molar-refractivity contribution in [2.24, 2.45) is 5.92 Å². The van der Waals surface area contributed by atoms with Crippen molar-refractivity contribution in [2.75, 3.05) is 11.9 Å². The summed E-state index contributed by atoms with van der Waals surface area (Å²) in [5.41, 5.74) is 0.730. The van der Waals surface area contributed by atoms with Crippen LogP contribution in [0.5, 0.6) is 0 Å². The number of aliphatic hydroxyl groups excluding tert-OH is 1. The molecule has 0 saturated carbocycles. The van der Waals surface area contributed by atoms with Crippen molar-refractivity contribution < 1.29 is 14.3 Å². The van der Waals surface area contributed by atoms with E-state index >= 15 is 0 Å². The van der Waals surface area contributed by atoms with Gasteiger partial charge in [0.2, 0.25) is 5.91 Å². The minimum Gasteiger partial charge on any atom is -0.395 e. The maximum atomic E-state index is 13.4. The van der Waals surface area contributed by atoms with Crippen LogP contribution in [0.3, 0.4) is 0 Å². The molecule has 0 aliphatic heterocycles. The van der Waals surface area contributed by atoms with E-state index in [2.05, 4.69) is 17.2 Å². The zero-order valence-electron chi connectivity index (χ0n) is 10.5. The van der Waals surface area contributed by atoms with Crippen molar-refractivity contribution >= 4 is 11.6 Å². The van der Waals surface area contributed by atoms with Crippen LogP contribution in [0.4, 0.5) is 10.1 Å². The van der Waals surface area contributed by atoms with Crippen LogP contribution in [-0.4, -0.2) is 17.6 Å². The molecule has 1 rings (SSSR count). The highest BCUT2D eigenvalue weighted by Crippen LogP contribution is 2.14. The van der Waals surface area contributed by atoms with E-state index in [1.165, 1.54) is 18.2 Å². The average molecular weight is 249 g/mol. The van der Waals surface area contributed by atoms with Crippen LogP contribution in [0, 0.1) is 23.6 Å². The van der Waals surface area contributed by atoms with Gasteiger partial charge in [0.15, 0.2) is 0 Å². The fraction of sp³-hybridized carbons (Fsp3) is 0.357. The Labute approximate surface area is 106 Å². The van der Waals surface area contributed by atoms with Gasteiger partial charge in [-0.2, -0.15) is 0 Å². The van der Waals surface area contributed by atoms with Crippen LogP contribution in [-0.2, 0) is 4.79 Å². The second kappa shape index (κ2) is 6.77. The predicted molar refractivity (Wildman–Crippen MR) is 68.4 cm³/mol. The lowest BCUT2D eigenvalue weighted by Gasteiger charge is -2.08. The van der Waals surface area contributed by atoms with E-state index < -0.39 is 5.82 Å². The van der Waals surface area contributed by atoms with Crippen LogP contribution >= 0.6 is 0 Å². The third kappa shape index (κ3) is 4.19. The number of carbonyl (C=O) groups is 1. The molecule has 18 heavy (non-hydrogen) atoms. The van der Waals surface area contributed by atoms with Crippen LogP contribution in [0.25, 0.3) is 0 Å². The lowest BCUT2D eigenvalue weighted by atomic mass is 10.1. The van der Waals surface area contributed by atoms with Crippen molar-refractivity contribution in [1.29, 1.82) is 0 Å². The number of anilines is 1. The first kappa shape index (κ1) is 14.2. The number of rotatable bonds is 3. The monoisotopic (exact) mass is 249 g/mol. The SMILES string of the molecule is CC(C)C(=O)Nc1ccc(F)c(C#CCCO)c1. The molecule has 3 nitrogen and oxygen atoms in total. The van der Waals surface area contributed by atoms with Gasteiger partial charge in [-0.05, 0) is 18.2 Å². The molecule has 0 spiro atoms. The minimum absolute atomic E-state index is 0.0571. The summed E-state index contributed by atoms with van der Waals surface area (Å²) >= 11 is 0. The summed E-state index contributed by atoms with van der Waals surface area (Å²) in [7, 11) is 0. The number of aliphatic hydroxyl groups is 1. The Morgan fingerprint density at radius 2 is 2.22 bits per heavy atom. The smallest absolute Gasteiger partial charge is 0.226 e. The Morgan fingerprint density at radius 1 is 1.50 bits per heavy atom. The molecular weight excluding hydrogens is 233 g/mol. The summed E-state index contributed by atoms with van der Waals surface area (Å²) in [5, 5.41) is 11.3. The number of carbonyl (C=O) groups excluding carboxylic acids is 1. The lowest BCUT2D eigenvalue weighted by Crippen LogP contribution is -2.17. The molecule has 4 heteroatoms. The number of benzene rings is 1. The maximum absolute atomic E-state index is 13.4. The molecule has 2 N–H and O–H groups in total. The summed E-state index contributed by atoms with van der Waals surface area (Å²) < 4.78 is 13.4. The standard InChI is InChI=1S/C14H16FNO2/c1-10(2)14(18)16-12-6-7-13(15)11(9-12)5-3-4-8-17/h6-7,9-10,17H,4,8H2,1-2H3,(H,16,18). The van der Waals surface area contributed by atoms with Crippen molar-refractivity contribution in [3.05, 3.63) is 29.6 Å². The van der Waals surface area contributed by atoms with Gasteiger partial charge in [0, 0.05) is 18.0 Å². The highest BCUT2D eigenvalue weighted by molar-refractivity contribution is 5.92. The van der Waals surface area contributed by atoms with E-state index in [1.54, 1.807) is 13.8 Å². The van der Waals surface area contributed by atoms with E-state index in [0.29, 0.717) is 12.1 Å². The molecule has 0 aliphatic rings. The van der Waals surface area contributed by atoms with Gasteiger partial charge in [-0.15, -0.1) is 0 Å². The van der Waals surface area contributed by atoms with Gasteiger partial charge in [0.05, 0.1) is 12.2 Å². The van der Waals surface area contributed by atoms with Gasteiger partial charge >= 0.3 is 0 Å². The Bertz CT molecular complexity index is 486. The molecule has 0 heterocycles. The maximum Gasteiger partial charge on any atom is 0.226 e. The molecule has 0 aromatic heterocycles. The van der Waals surface area contributed by atoms with Gasteiger partial charge in [-0.25, -0.2) is 4.39 Å². The molecule has 0 fully saturated rings. The number of amides is 1. The first-order valence-electron chi connectivity index (χ1n) is 5.74. The zero-order valence-corrected chi connectivity index (χ0v) is 10.5. The summed E-state index contributed by atoms with van der Waals surface area (Å²) in [6.07, 6.45) is 0.294. The van der Waals surface area contributed by atoms with Gasteiger partial charge in [-0.1, -0.05) is 25.7 Å². The number of halogens is 1. The van der Waals surface area contributed by atoms with Crippen LogP contribution in [0.1, 0.15) is 25.8 Å². The van der Waals surface area contributed by atoms with Gasteiger partial charge < -0.3 is 10.4 Å². The second-order valence-corrected chi connectivity index (χ2v) is 4.11. The summed E-state index contributed by atoms with van der Waals surface area (Å²) in [4.78, 5) is 11.5. The van der Waals surface area contributed by atoms with Crippen LogP contribution in [0.2, 0.25) is 0 Å². The highest BCUT2D eigenvalue weighted by Gasteiger charge is 2.08. The third-order valence-electron chi connectivity index (χ3n) is 2.22. The Balaban J connectivity index is 2.88. The van der Waals surface area contributed by atoms with Crippen LogP contribution < -0.4 is 5.32 Å². The normalized spacial score (nSPS) is 9.83. The molecule has 1 aromatic carbocycles. The summed E-state index contributed by atoms with van der Waals surface area (Å²) in [5.74, 6) is 4.55. The molecule has 0 atom stereocenters. The largest absolute Gasteiger partial charge is 0.395 e. The second-order valence-electron chi connectivity index (χ2n) is 4.11. The summed E-state index contributed by atoms with van der Waals surface area (Å²) in [6, 6.07) is 4.24. The van der Waals surface area contributed by atoms with E-state index in [9.17, 15) is 9.18 Å². The minimum atomic E-state index is -0.442. The predicted octanol–water partition coefficient (Wildman–Crippen LogP) is 2.15. The van der Waals surface area contributed by atoms with E-state index in [0.717, 1.165) is 0 Å². The van der Waals surface area contributed by atoms with E-state index in [1.807, 2.05) is 0 Å². The van der Waals surface area contributed by atoms with Gasteiger partial charge in [0.1, 0.15) is 5.82 Å². The quantitative estimate of drug-likeness (QED) is 0.806. The highest BCUT2D eigenvalue weighted by atomic mass is 19.1. The number of nitrogens with one attached hydrogen (secondary N) is 1. The van der Waals surface area contributed by atoms with Crippen LogP contribution in [0.15, 0.2) is 18.2 Å². The first-order chi connectivity index (χ1) is 8.54. The number of hydrogen-bond donors (Lipinski definition) is 2. The summed E-state index contributed by atoms with van der Waals surface area (Å²) in [6.45, 7) is 3.50. The molecule has 0 radical (unpaired) electrons. The molecule has 96 valence electrons. The molecule has 0 saturated heterocycles. The molecule has 0 bridgehead atoms. The Kier molecular flexibility index (Phi) is 5.34. The molecule has 0 unspecified atom stereocenters. The molecule has 0 aliphatic carbocycles. The lowest BCUT2D eigenvalue weighted by molar-refractivity contribution is -0.118. The zero-order chi connectivity index (χ0) is 13.5.